The molecular formula is C15H19NOS. The van der Waals surface area contributed by atoms with Crippen LogP contribution in [-0.4, -0.2) is 6.61 Å². The van der Waals surface area contributed by atoms with E-state index in [1.807, 2.05) is 18.2 Å². The molecule has 0 aliphatic heterocycles. The van der Waals surface area contributed by atoms with Crippen molar-refractivity contribution in [2.24, 2.45) is 5.73 Å². The lowest BCUT2D eigenvalue weighted by atomic mass is 10.1. The molecule has 0 saturated carbocycles. The third kappa shape index (κ3) is 3.34. The van der Waals surface area contributed by atoms with Crippen molar-refractivity contribution in [3.8, 4) is 5.75 Å². The molecule has 2 aromatic rings. The van der Waals surface area contributed by atoms with Gasteiger partial charge in [-0.2, -0.15) is 0 Å². The quantitative estimate of drug-likeness (QED) is 0.887. The third-order valence-corrected chi connectivity index (χ3v) is 4.08. The van der Waals surface area contributed by atoms with Gasteiger partial charge in [0.05, 0.1) is 6.61 Å². The summed E-state index contributed by atoms with van der Waals surface area (Å²) in [6, 6.07) is 10.3. The molecular weight excluding hydrogens is 242 g/mol. The van der Waals surface area contributed by atoms with E-state index in [1.54, 1.807) is 11.3 Å². The van der Waals surface area contributed by atoms with Gasteiger partial charge < -0.3 is 10.5 Å². The molecule has 0 radical (unpaired) electrons. The maximum Gasteiger partial charge on any atom is 0.119 e. The first-order valence-corrected chi connectivity index (χ1v) is 7.04. The summed E-state index contributed by atoms with van der Waals surface area (Å²) in [5, 5.41) is 2.09. The van der Waals surface area contributed by atoms with E-state index in [4.69, 9.17) is 10.5 Å². The Morgan fingerprint density at radius 3 is 2.78 bits per heavy atom. The molecule has 2 rings (SSSR count). The molecule has 1 aromatic heterocycles. The third-order valence-electron chi connectivity index (χ3n) is 2.93. The minimum atomic E-state index is 0.0785. The second kappa shape index (κ2) is 6.03. The lowest BCUT2D eigenvalue weighted by molar-refractivity contribution is 0.299. The Balaban J connectivity index is 1.84. The van der Waals surface area contributed by atoms with Crippen LogP contribution >= 0.6 is 11.3 Å². The highest BCUT2D eigenvalue weighted by molar-refractivity contribution is 7.10. The summed E-state index contributed by atoms with van der Waals surface area (Å²) in [7, 11) is 0. The average molecular weight is 261 g/mol. The van der Waals surface area contributed by atoms with Crippen LogP contribution in [0.4, 0.5) is 0 Å². The molecule has 0 aliphatic rings. The highest BCUT2D eigenvalue weighted by Crippen LogP contribution is 2.24. The van der Waals surface area contributed by atoms with Crippen LogP contribution < -0.4 is 10.5 Å². The molecule has 0 fully saturated rings. The molecule has 0 saturated heterocycles. The maximum atomic E-state index is 6.16. The summed E-state index contributed by atoms with van der Waals surface area (Å²) in [4.78, 5) is 1.27. The zero-order chi connectivity index (χ0) is 13.0. The second-order valence-electron chi connectivity index (χ2n) is 4.53. The predicted octanol–water partition coefficient (Wildman–Crippen LogP) is 3.83. The SMILES string of the molecule is Cc1cccc(OCCC(N)c2sccc2C)c1. The minimum Gasteiger partial charge on any atom is -0.494 e. The molecule has 2 N–H and O–H groups in total. The topological polar surface area (TPSA) is 35.2 Å². The molecule has 0 aliphatic carbocycles. The Bertz CT molecular complexity index is 507. The van der Waals surface area contributed by atoms with Crippen molar-refractivity contribution in [3.63, 3.8) is 0 Å². The molecule has 1 unspecified atom stereocenters. The summed E-state index contributed by atoms with van der Waals surface area (Å²) in [6.07, 6.45) is 0.843. The molecule has 18 heavy (non-hydrogen) atoms. The van der Waals surface area contributed by atoms with Gasteiger partial charge in [-0.1, -0.05) is 12.1 Å². The van der Waals surface area contributed by atoms with Gasteiger partial charge in [0.15, 0.2) is 0 Å². The van der Waals surface area contributed by atoms with Crippen molar-refractivity contribution in [2.45, 2.75) is 26.3 Å². The number of hydrogen-bond donors (Lipinski definition) is 1. The highest BCUT2D eigenvalue weighted by Gasteiger charge is 2.10. The van der Waals surface area contributed by atoms with Crippen LogP contribution in [0.3, 0.4) is 0 Å². The van der Waals surface area contributed by atoms with E-state index in [0.717, 1.165) is 12.2 Å². The fourth-order valence-electron chi connectivity index (χ4n) is 1.90. The number of hydrogen-bond acceptors (Lipinski definition) is 3. The zero-order valence-corrected chi connectivity index (χ0v) is 11.7. The van der Waals surface area contributed by atoms with Crippen LogP contribution in [0.25, 0.3) is 0 Å². The van der Waals surface area contributed by atoms with Gasteiger partial charge in [0.2, 0.25) is 0 Å². The van der Waals surface area contributed by atoms with Gasteiger partial charge in [-0.3, -0.25) is 0 Å². The van der Waals surface area contributed by atoms with Crippen LogP contribution in [0.15, 0.2) is 35.7 Å². The molecule has 0 amide bonds. The fraction of sp³-hybridized carbons (Fsp3) is 0.333. The van der Waals surface area contributed by atoms with E-state index < -0.39 is 0 Å². The number of thiophene rings is 1. The first-order chi connectivity index (χ1) is 8.66. The van der Waals surface area contributed by atoms with Crippen LogP contribution in [-0.2, 0) is 0 Å². The van der Waals surface area contributed by atoms with Crippen LogP contribution in [0.5, 0.6) is 5.75 Å². The molecule has 1 atom stereocenters. The van der Waals surface area contributed by atoms with E-state index in [1.165, 1.54) is 16.0 Å². The van der Waals surface area contributed by atoms with Gasteiger partial charge in [0, 0.05) is 17.3 Å². The van der Waals surface area contributed by atoms with Crippen LogP contribution in [0.1, 0.15) is 28.5 Å². The maximum absolute atomic E-state index is 6.16. The van der Waals surface area contributed by atoms with Crippen molar-refractivity contribution in [1.29, 1.82) is 0 Å². The predicted molar refractivity (Wildman–Crippen MR) is 77.3 cm³/mol. The molecule has 96 valence electrons. The molecule has 1 heterocycles. The normalized spacial score (nSPS) is 12.4. The monoisotopic (exact) mass is 261 g/mol. The number of aryl methyl sites for hydroxylation is 2. The van der Waals surface area contributed by atoms with E-state index in [9.17, 15) is 0 Å². The highest BCUT2D eigenvalue weighted by atomic mass is 32.1. The standard InChI is InChI=1S/C15H19NOS/c1-11-4-3-5-13(10-11)17-8-6-14(16)15-12(2)7-9-18-15/h3-5,7,9-10,14H,6,8,16H2,1-2H3. The molecule has 0 bridgehead atoms. The van der Waals surface area contributed by atoms with Crippen molar-refractivity contribution in [3.05, 3.63) is 51.7 Å². The lowest BCUT2D eigenvalue weighted by Crippen LogP contribution is -2.13. The van der Waals surface area contributed by atoms with Crippen molar-refractivity contribution in [1.82, 2.24) is 0 Å². The Hall–Kier alpha value is -1.32. The summed E-state index contributed by atoms with van der Waals surface area (Å²) < 4.78 is 5.72. The largest absolute Gasteiger partial charge is 0.494 e. The number of rotatable bonds is 5. The first-order valence-electron chi connectivity index (χ1n) is 6.16. The minimum absolute atomic E-state index is 0.0785. The van der Waals surface area contributed by atoms with Gasteiger partial charge in [0.1, 0.15) is 5.75 Å². The van der Waals surface area contributed by atoms with Crippen molar-refractivity contribution in [2.75, 3.05) is 6.61 Å². The second-order valence-corrected chi connectivity index (χ2v) is 5.48. The molecule has 1 aromatic carbocycles. The van der Waals surface area contributed by atoms with Gasteiger partial charge in [-0.05, 0) is 48.6 Å². The molecule has 3 heteroatoms. The van der Waals surface area contributed by atoms with Crippen molar-refractivity contribution < 1.29 is 4.74 Å². The van der Waals surface area contributed by atoms with Gasteiger partial charge in [-0.25, -0.2) is 0 Å². The Morgan fingerprint density at radius 2 is 2.11 bits per heavy atom. The van der Waals surface area contributed by atoms with E-state index >= 15 is 0 Å². The number of ether oxygens (including phenoxy) is 1. The smallest absolute Gasteiger partial charge is 0.119 e. The molecule has 0 spiro atoms. The lowest BCUT2D eigenvalue weighted by Gasteiger charge is -2.12. The number of benzene rings is 1. The Kier molecular flexibility index (Phi) is 4.39. The Labute approximate surface area is 112 Å². The average Bonchev–Trinajstić information content (AvgIpc) is 2.75. The van der Waals surface area contributed by atoms with E-state index in [2.05, 4.69) is 31.4 Å². The van der Waals surface area contributed by atoms with Gasteiger partial charge in [-0.15, -0.1) is 11.3 Å². The Morgan fingerprint density at radius 1 is 1.28 bits per heavy atom. The zero-order valence-electron chi connectivity index (χ0n) is 10.8. The summed E-state index contributed by atoms with van der Waals surface area (Å²) in [5.41, 5.74) is 8.66. The van der Waals surface area contributed by atoms with Crippen LogP contribution in [0, 0.1) is 13.8 Å². The van der Waals surface area contributed by atoms with Crippen LogP contribution in [0.2, 0.25) is 0 Å². The number of nitrogens with two attached hydrogens (primary N) is 1. The van der Waals surface area contributed by atoms with E-state index in [0.29, 0.717) is 6.61 Å². The molecule has 2 nitrogen and oxygen atoms in total. The van der Waals surface area contributed by atoms with Crippen molar-refractivity contribution >= 4 is 11.3 Å². The first kappa shape index (κ1) is 13.1. The van der Waals surface area contributed by atoms with Gasteiger partial charge >= 0.3 is 0 Å². The summed E-state index contributed by atoms with van der Waals surface area (Å²) in [5.74, 6) is 0.921. The van der Waals surface area contributed by atoms with E-state index in [-0.39, 0.29) is 6.04 Å². The fourth-order valence-corrected chi connectivity index (χ4v) is 2.87. The summed E-state index contributed by atoms with van der Waals surface area (Å²) >= 11 is 1.73. The summed E-state index contributed by atoms with van der Waals surface area (Å²) in [6.45, 7) is 4.82. The van der Waals surface area contributed by atoms with Gasteiger partial charge in [0.25, 0.3) is 0 Å².